The number of benzene rings is 1. The van der Waals surface area contributed by atoms with Crippen LogP contribution >= 0.6 is 0 Å². The minimum absolute atomic E-state index is 0.0352. The van der Waals surface area contributed by atoms with Gasteiger partial charge in [0.15, 0.2) is 0 Å². The molecule has 1 aliphatic rings. The predicted octanol–water partition coefficient (Wildman–Crippen LogP) is 2.06. The summed E-state index contributed by atoms with van der Waals surface area (Å²) in [5.74, 6) is 1.54. The molecular formula is C19H23N3O3. The molecule has 2 heterocycles. The second kappa shape index (κ2) is 7.98. The van der Waals surface area contributed by atoms with Crippen molar-refractivity contribution in [2.45, 2.75) is 12.3 Å². The van der Waals surface area contributed by atoms with Crippen LogP contribution in [0.25, 0.3) is 0 Å². The van der Waals surface area contributed by atoms with Crippen molar-refractivity contribution in [1.29, 1.82) is 0 Å². The largest absolute Gasteiger partial charge is 0.497 e. The van der Waals surface area contributed by atoms with Gasteiger partial charge in [-0.2, -0.15) is 0 Å². The summed E-state index contributed by atoms with van der Waals surface area (Å²) in [6, 6.07) is 9.31. The number of nitrogens with zero attached hydrogens (tertiary/aromatic N) is 2. The number of amides is 1. The Balaban J connectivity index is 1.71. The average Bonchev–Trinajstić information content (AvgIpc) is 2.61. The van der Waals surface area contributed by atoms with Crippen LogP contribution in [0.2, 0.25) is 0 Å². The third-order valence-electron chi connectivity index (χ3n) is 4.37. The van der Waals surface area contributed by atoms with E-state index in [0.29, 0.717) is 49.2 Å². The Labute approximate surface area is 147 Å². The van der Waals surface area contributed by atoms with E-state index in [0.717, 1.165) is 6.42 Å². The third kappa shape index (κ3) is 3.91. The first kappa shape index (κ1) is 17.2. The molecule has 2 N–H and O–H groups in total. The predicted molar refractivity (Wildman–Crippen MR) is 95.0 cm³/mol. The Morgan fingerprint density at radius 3 is 2.72 bits per heavy atom. The van der Waals surface area contributed by atoms with E-state index in [9.17, 15) is 4.79 Å². The number of nitrogens with two attached hydrogens (primary N) is 1. The van der Waals surface area contributed by atoms with Gasteiger partial charge in [0.25, 0.3) is 5.91 Å². The summed E-state index contributed by atoms with van der Waals surface area (Å²) in [4.78, 5) is 18.7. The van der Waals surface area contributed by atoms with Crippen molar-refractivity contribution in [3.05, 3.63) is 53.9 Å². The molecule has 1 aromatic carbocycles. The van der Waals surface area contributed by atoms with Crippen LogP contribution in [0, 0.1) is 0 Å². The van der Waals surface area contributed by atoms with Gasteiger partial charge in [-0.05, 0) is 48.9 Å². The van der Waals surface area contributed by atoms with Crippen molar-refractivity contribution in [2.75, 3.05) is 33.4 Å². The van der Waals surface area contributed by atoms with Gasteiger partial charge < -0.3 is 20.1 Å². The fourth-order valence-corrected chi connectivity index (χ4v) is 2.86. The van der Waals surface area contributed by atoms with Gasteiger partial charge in [-0.1, -0.05) is 0 Å². The van der Waals surface area contributed by atoms with Gasteiger partial charge in [0.1, 0.15) is 11.5 Å². The van der Waals surface area contributed by atoms with Crippen LogP contribution in [0.15, 0.2) is 42.7 Å². The Kier molecular flexibility index (Phi) is 5.50. The zero-order chi connectivity index (χ0) is 17.6. The minimum Gasteiger partial charge on any atom is -0.497 e. The fourth-order valence-electron chi connectivity index (χ4n) is 2.86. The van der Waals surface area contributed by atoms with E-state index in [1.165, 1.54) is 5.56 Å². The summed E-state index contributed by atoms with van der Waals surface area (Å²) >= 11 is 0. The molecule has 1 aliphatic heterocycles. The number of aromatic nitrogens is 1. The first-order valence-electron chi connectivity index (χ1n) is 8.43. The first-order valence-corrected chi connectivity index (χ1v) is 8.43. The molecular weight excluding hydrogens is 318 g/mol. The van der Waals surface area contributed by atoms with Crippen molar-refractivity contribution in [2.24, 2.45) is 5.73 Å². The first-order chi connectivity index (χ1) is 12.2. The zero-order valence-electron chi connectivity index (χ0n) is 14.4. The number of ether oxygens (including phenoxy) is 2. The maximum atomic E-state index is 12.9. The van der Waals surface area contributed by atoms with Crippen molar-refractivity contribution in [1.82, 2.24) is 9.88 Å². The van der Waals surface area contributed by atoms with Gasteiger partial charge in [-0.3, -0.25) is 9.78 Å². The maximum absolute atomic E-state index is 12.9. The molecule has 0 unspecified atom stereocenters. The van der Waals surface area contributed by atoms with Crippen molar-refractivity contribution in [3.63, 3.8) is 0 Å². The lowest BCUT2D eigenvalue weighted by atomic mass is 9.91. The molecule has 0 radical (unpaired) electrons. The highest BCUT2D eigenvalue weighted by molar-refractivity contribution is 5.98. The topological polar surface area (TPSA) is 77.7 Å². The highest BCUT2D eigenvalue weighted by atomic mass is 16.5. The van der Waals surface area contributed by atoms with Crippen molar-refractivity contribution < 1.29 is 14.3 Å². The number of carbonyl (C=O) groups excluding carboxylic acids is 1. The quantitative estimate of drug-likeness (QED) is 0.780. The second-order valence-electron chi connectivity index (χ2n) is 6.04. The van der Waals surface area contributed by atoms with Crippen LogP contribution in [0.1, 0.15) is 28.3 Å². The zero-order valence-corrected chi connectivity index (χ0v) is 14.4. The lowest BCUT2D eigenvalue weighted by Crippen LogP contribution is -2.48. The molecule has 0 spiro atoms. The number of rotatable bonds is 7. The van der Waals surface area contributed by atoms with Gasteiger partial charge in [0.05, 0.1) is 19.3 Å². The van der Waals surface area contributed by atoms with E-state index in [-0.39, 0.29) is 5.91 Å². The molecule has 132 valence electrons. The Hall–Kier alpha value is -2.60. The molecule has 0 saturated carbocycles. The fraction of sp³-hybridized carbons (Fsp3) is 0.368. The molecule has 2 aromatic rings. The molecule has 3 rings (SSSR count). The number of methoxy groups -OCH3 is 1. The number of hydrogen-bond donors (Lipinski definition) is 1. The SMILES string of the molecule is COc1ccc(OCCCN)c(C(=O)N2CC(c3ccncc3)C2)c1. The monoisotopic (exact) mass is 341 g/mol. The van der Waals surface area contributed by atoms with Crippen LogP contribution in [0.5, 0.6) is 11.5 Å². The molecule has 0 atom stereocenters. The maximum Gasteiger partial charge on any atom is 0.257 e. The van der Waals surface area contributed by atoms with E-state index in [1.54, 1.807) is 37.7 Å². The Morgan fingerprint density at radius 1 is 1.28 bits per heavy atom. The van der Waals surface area contributed by atoms with Crippen LogP contribution in [0.3, 0.4) is 0 Å². The molecule has 1 fully saturated rings. The van der Waals surface area contributed by atoms with Crippen molar-refractivity contribution in [3.8, 4) is 11.5 Å². The summed E-state index contributed by atoms with van der Waals surface area (Å²) in [5.41, 5.74) is 7.25. The van der Waals surface area contributed by atoms with Crippen LogP contribution in [-0.4, -0.2) is 49.1 Å². The molecule has 1 aromatic heterocycles. The summed E-state index contributed by atoms with van der Waals surface area (Å²) in [6.45, 7) is 2.44. The highest BCUT2D eigenvalue weighted by Crippen LogP contribution is 2.31. The Morgan fingerprint density at radius 2 is 2.04 bits per heavy atom. The molecule has 6 nitrogen and oxygen atoms in total. The van der Waals surface area contributed by atoms with Gasteiger partial charge in [-0.25, -0.2) is 0 Å². The van der Waals surface area contributed by atoms with E-state index < -0.39 is 0 Å². The molecule has 1 saturated heterocycles. The normalized spacial score (nSPS) is 14.1. The van der Waals surface area contributed by atoms with Crippen LogP contribution < -0.4 is 15.2 Å². The van der Waals surface area contributed by atoms with Gasteiger partial charge in [0.2, 0.25) is 0 Å². The Bertz CT molecular complexity index is 715. The standard InChI is InChI=1S/C19H23N3O3/c1-24-16-3-4-18(25-10-2-7-20)17(11-16)19(23)22-12-15(13-22)14-5-8-21-9-6-14/h3-6,8-9,11,15H,2,7,10,12-13,20H2,1H3. The van der Waals surface area contributed by atoms with E-state index in [1.807, 2.05) is 17.0 Å². The van der Waals surface area contributed by atoms with Crippen LogP contribution in [-0.2, 0) is 0 Å². The van der Waals surface area contributed by atoms with E-state index in [4.69, 9.17) is 15.2 Å². The second-order valence-corrected chi connectivity index (χ2v) is 6.04. The summed E-state index contributed by atoms with van der Waals surface area (Å²) < 4.78 is 11.0. The lowest BCUT2D eigenvalue weighted by Gasteiger charge is -2.39. The molecule has 0 bridgehead atoms. The number of pyridine rings is 1. The summed E-state index contributed by atoms with van der Waals surface area (Å²) in [7, 11) is 1.58. The minimum atomic E-state index is -0.0352. The van der Waals surface area contributed by atoms with Gasteiger partial charge in [0, 0.05) is 31.4 Å². The van der Waals surface area contributed by atoms with E-state index in [2.05, 4.69) is 4.98 Å². The average molecular weight is 341 g/mol. The third-order valence-corrected chi connectivity index (χ3v) is 4.37. The number of carbonyl (C=O) groups is 1. The summed E-state index contributed by atoms with van der Waals surface area (Å²) in [5, 5.41) is 0. The van der Waals surface area contributed by atoms with Gasteiger partial charge in [-0.15, -0.1) is 0 Å². The molecule has 6 heteroatoms. The number of hydrogen-bond acceptors (Lipinski definition) is 5. The lowest BCUT2D eigenvalue weighted by molar-refractivity contribution is 0.0597. The molecule has 25 heavy (non-hydrogen) atoms. The highest BCUT2D eigenvalue weighted by Gasteiger charge is 2.33. The van der Waals surface area contributed by atoms with Crippen molar-refractivity contribution >= 4 is 5.91 Å². The van der Waals surface area contributed by atoms with Crippen LogP contribution in [0.4, 0.5) is 0 Å². The molecule has 1 amide bonds. The van der Waals surface area contributed by atoms with E-state index >= 15 is 0 Å². The smallest absolute Gasteiger partial charge is 0.257 e. The molecule has 0 aliphatic carbocycles. The number of likely N-dealkylation sites (tertiary alicyclic amines) is 1. The van der Waals surface area contributed by atoms with Gasteiger partial charge >= 0.3 is 0 Å². The summed E-state index contributed by atoms with van der Waals surface area (Å²) in [6.07, 6.45) is 4.31.